The van der Waals surface area contributed by atoms with E-state index in [-0.39, 0.29) is 114 Å². The number of aromatic nitrogens is 4. The lowest BCUT2D eigenvalue weighted by molar-refractivity contribution is -0.144. The van der Waals surface area contributed by atoms with Gasteiger partial charge in [0.1, 0.15) is 12.8 Å². The Bertz CT molecular complexity index is 2010. The summed E-state index contributed by atoms with van der Waals surface area (Å²) in [5.41, 5.74) is 6.64. The summed E-state index contributed by atoms with van der Waals surface area (Å²) in [7, 11) is 0. The third kappa shape index (κ3) is 16.3. The number of hydrogen-bond acceptors (Lipinski definition) is 17. The van der Waals surface area contributed by atoms with Crippen molar-refractivity contribution in [3.63, 3.8) is 0 Å². The van der Waals surface area contributed by atoms with Crippen molar-refractivity contribution in [3.8, 4) is 0 Å². The van der Waals surface area contributed by atoms with Gasteiger partial charge in [0.25, 0.3) is 11.5 Å². The molecule has 332 valence electrons. The van der Waals surface area contributed by atoms with E-state index < -0.39 is 54.2 Å². The van der Waals surface area contributed by atoms with E-state index in [0.29, 0.717) is 30.0 Å². The van der Waals surface area contributed by atoms with Gasteiger partial charge in [0.15, 0.2) is 11.2 Å². The van der Waals surface area contributed by atoms with Gasteiger partial charge >= 0.3 is 17.9 Å². The summed E-state index contributed by atoms with van der Waals surface area (Å²) in [6, 6.07) is 4.79. The van der Waals surface area contributed by atoms with Gasteiger partial charge in [-0.25, -0.2) is 9.97 Å². The third-order valence-electron chi connectivity index (χ3n) is 9.57. The van der Waals surface area contributed by atoms with Crippen molar-refractivity contribution in [1.29, 1.82) is 0 Å². The maximum atomic E-state index is 13.0. The summed E-state index contributed by atoms with van der Waals surface area (Å²) in [6.45, 7) is 0.580. The Morgan fingerprint density at radius 2 is 1.43 bits per heavy atom. The lowest BCUT2D eigenvalue weighted by Gasteiger charge is -2.30. The summed E-state index contributed by atoms with van der Waals surface area (Å²) in [5, 5.41) is 49.0. The first-order valence-corrected chi connectivity index (χ1v) is 19.4. The van der Waals surface area contributed by atoms with Gasteiger partial charge < -0.3 is 52.2 Å². The van der Waals surface area contributed by atoms with Crippen molar-refractivity contribution >= 4 is 58.4 Å². The number of aromatic amines is 1. The van der Waals surface area contributed by atoms with Crippen LogP contribution < -0.4 is 32.6 Å². The monoisotopic (exact) mass is 856 g/mol. The molecule has 0 aliphatic carbocycles. The molecule has 2 aromatic heterocycles. The maximum Gasteiger partial charge on any atom is 0.320 e. The van der Waals surface area contributed by atoms with Crippen molar-refractivity contribution in [2.45, 2.75) is 44.3 Å². The lowest BCUT2D eigenvalue weighted by Crippen LogP contribution is -2.47. The largest absolute Gasteiger partial charge is 0.480 e. The van der Waals surface area contributed by atoms with E-state index in [0.717, 1.165) is 0 Å². The number of anilines is 2. The molecule has 1 aliphatic rings. The van der Waals surface area contributed by atoms with Crippen LogP contribution in [0.25, 0.3) is 11.2 Å². The average molecular weight is 857 g/mol. The Morgan fingerprint density at radius 3 is 2.00 bits per heavy atom. The fraction of sp³-hybridized carbons (Fsp3) is 0.514. The number of carboxylic acid groups (broad SMARTS) is 3. The van der Waals surface area contributed by atoms with Gasteiger partial charge in [-0.05, 0) is 37.1 Å². The van der Waals surface area contributed by atoms with Gasteiger partial charge in [-0.2, -0.15) is 4.98 Å². The fourth-order valence-corrected chi connectivity index (χ4v) is 6.43. The molecule has 0 spiro atoms. The predicted molar refractivity (Wildman–Crippen MR) is 216 cm³/mol. The number of nitrogen functional groups attached to an aromatic ring is 1. The number of nitrogens with one attached hydrogen (secondary N) is 5. The van der Waals surface area contributed by atoms with E-state index in [4.69, 9.17) is 10.5 Å². The van der Waals surface area contributed by atoms with Crippen molar-refractivity contribution < 1.29 is 53.9 Å². The number of H-pyrrole nitrogens is 1. The number of ether oxygens (including phenoxy) is 1. The van der Waals surface area contributed by atoms with Gasteiger partial charge in [-0.15, -0.1) is 0 Å². The van der Waals surface area contributed by atoms with E-state index in [9.17, 15) is 54.0 Å². The minimum absolute atomic E-state index is 0.0204. The second-order valence-corrected chi connectivity index (χ2v) is 14.1. The number of amides is 3. The van der Waals surface area contributed by atoms with Crippen LogP contribution in [0.1, 0.15) is 41.7 Å². The SMILES string of the molecule is Nc1nc2ncc(CNc3ccc(C(=O)N[C@@H](CCC(=O)NCCNC(=O)CCC(C(=O)O)N4CCN(CC(=O)O)CCN(CC(=O)O)CC4)COCO)cc3)nc2c(=O)[nH]1. The molecule has 0 radical (unpaired) electrons. The lowest BCUT2D eigenvalue weighted by atomic mass is 10.1. The highest BCUT2D eigenvalue weighted by molar-refractivity contribution is 5.94. The standard InChI is InChI=1S/C37H52N12O12/c38-37-45-33-32(35(58)46-37)43-26(18-42-33)17-41-24-3-1-23(2-4-24)34(57)44-25(21-61-22-50)5-7-28(51)39-9-10-40-29(52)8-6-27(36(59)60)49-15-13-47(19-30(53)54)11-12-48(14-16-49)20-31(55)56/h1-4,18,25,27,41,50H,5-17,19-22H2,(H,39,51)(H,40,52)(H,44,57)(H,53,54)(H,55,56)(H,59,60)(H3,38,42,45,46,58)/t25-,27?/m0/s1. The topological polar surface area (TPSA) is 348 Å². The van der Waals surface area contributed by atoms with Gasteiger partial charge in [-0.3, -0.25) is 53.2 Å². The van der Waals surface area contributed by atoms with Crippen LogP contribution in [0.3, 0.4) is 0 Å². The molecule has 11 N–H and O–H groups in total. The summed E-state index contributed by atoms with van der Waals surface area (Å²) in [4.78, 5) is 105. The third-order valence-corrected chi connectivity index (χ3v) is 9.57. The van der Waals surface area contributed by atoms with Crippen molar-refractivity contribution in [2.75, 3.05) is 89.9 Å². The molecule has 0 bridgehead atoms. The highest BCUT2D eigenvalue weighted by Crippen LogP contribution is 2.14. The number of aliphatic carboxylic acids is 3. The molecule has 1 aliphatic heterocycles. The number of carbonyl (C=O) groups is 6. The number of carbonyl (C=O) groups excluding carboxylic acids is 3. The Morgan fingerprint density at radius 1 is 0.836 bits per heavy atom. The number of benzene rings is 1. The fourth-order valence-electron chi connectivity index (χ4n) is 6.43. The minimum atomic E-state index is -1.17. The summed E-state index contributed by atoms with van der Waals surface area (Å²) < 4.78 is 5.09. The van der Waals surface area contributed by atoms with Crippen molar-refractivity contribution in [2.24, 2.45) is 0 Å². The molecular formula is C37H52N12O12. The number of fused-ring (bicyclic) bond motifs is 1. The molecule has 3 heterocycles. The average Bonchev–Trinajstić information content (AvgIpc) is 3.30. The van der Waals surface area contributed by atoms with Gasteiger partial charge in [0.05, 0.1) is 44.2 Å². The number of rotatable bonds is 23. The second kappa shape index (κ2) is 24.0. The van der Waals surface area contributed by atoms with Crippen LogP contribution in [0.4, 0.5) is 11.6 Å². The van der Waals surface area contributed by atoms with E-state index in [1.807, 2.05) is 0 Å². The van der Waals surface area contributed by atoms with Crippen LogP contribution in [-0.4, -0.2) is 182 Å². The van der Waals surface area contributed by atoms with E-state index in [1.165, 1.54) is 6.20 Å². The minimum Gasteiger partial charge on any atom is -0.480 e. The highest BCUT2D eigenvalue weighted by Gasteiger charge is 2.29. The zero-order valence-corrected chi connectivity index (χ0v) is 33.4. The molecule has 1 aromatic carbocycles. The first-order valence-electron chi connectivity index (χ1n) is 19.4. The molecule has 3 amide bonds. The highest BCUT2D eigenvalue weighted by atomic mass is 16.6. The maximum absolute atomic E-state index is 13.0. The quantitative estimate of drug-likeness (QED) is 0.0343. The Labute approximate surface area is 348 Å². The van der Waals surface area contributed by atoms with Crippen LogP contribution in [0, 0.1) is 0 Å². The zero-order valence-electron chi connectivity index (χ0n) is 33.4. The number of hydrogen-bond donors (Lipinski definition) is 10. The first-order chi connectivity index (χ1) is 29.2. The van der Waals surface area contributed by atoms with E-state index in [2.05, 4.69) is 41.2 Å². The molecule has 1 saturated heterocycles. The number of nitrogens with zero attached hydrogens (tertiary/aromatic N) is 6. The van der Waals surface area contributed by atoms with Crippen LogP contribution in [0.15, 0.2) is 35.3 Å². The van der Waals surface area contributed by atoms with Gasteiger partial charge in [0.2, 0.25) is 17.8 Å². The van der Waals surface area contributed by atoms with Crippen molar-refractivity contribution in [3.05, 3.63) is 52.1 Å². The number of carboxylic acids is 3. The van der Waals surface area contributed by atoms with Gasteiger partial charge in [0, 0.05) is 76.5 Å². The van der Waals surface area contributed by atoms with Crippen LogP contribution >= 0.6 is 0 Å². The van der Waals surface area contributed by atoms with Crippen LogP contribution in [0.5, 0.6) is 0 Å². The Hall–Kier alpha value is -6.34. The summed E-state index contributed by atoms with van der Waals surface area (Å²) in [6.07, 6.45) is 1.40. The van der Waals surface area contributed by atoms with Crippen LogP contribution in [-0.2, 0) is 35.3 Å². The number of nitrogens with two attached hydrogens (primary N) is 1. The Kier molecular flexibility index (Phi) is 18.7. The molecule has 4 rings (SSSR count). The van der Waals surface area contributed by atoms with E-state index in [1.54, 1.807) is 39.0 Å². The summed E-state index contributed by atoms with van der Waals surface area (Å²) >= 11 is 0. The van der Waals surface area contributed by atoms with E-state index >= 15 is 0 Å². The number of aliphatic hydroxyl groups excluding tert-OH is 1. The molecule has 3 aromatic rings. The molecule has 1 unspecified atom stereocenters. The zero-order chi connectivity index (χ0) is 44.3. The molecule has 24 nitrogen and oxygen atoms in total. The van der Waals surface area contributed by atoms with Crippen LogP contribution in [0.2, 0.25) is 0 Å². The summed E-state index contributed by atoms with van der Waals surface area (Å²) in [5.74, 6) is -4.63. The molecule has 61 heavy (non-hydrogen) atoms. The Balaban J connectivity index is 1.18. The van der Waals surface area contributed by atoms with Crippen molar-refractivity contribution in [1.82, 2.24) is 50.6 Å². The molecule has 1 fully saturated rings. The molecule has 24 heteroatoms. The second-order valence-electron chi connectivity index (χ2n) is 14.1. The van der Waals surface area contributed by atoms with Gasteiger partial charge in [-0.1, -0.05) is 0 Å². The molecule has 2 atom stereocenters. The predicted octanol–water partition coefficient (Wildman–Crippen LogP) is -2.69. The molecular weight excluding hydrogens is 804 g/mol. The smallest absolute Gasteiger partial charge is 0.320 e. The molecule has 0 saturated carbocycles. The number of aliphatic hydroxyl groups is 1. The first kappa shape index (κ1) is 47.3. The normalized spacial score (nSPS) is 15.1.